The van der Waals surface area contributed by atoms with E-state index in [4.69, 9.17) is 0 Å². The molecule has 0 aromatic rings. The van der Waals surface area contributed by atoms with Crippen LogP contribution in [0.2, 0.25) is 0 Å². The molecule has 0 heterocycles. The van der Waals surface area contributed by atoms with Gasteiger partial charge in [0.05, 0.1) is 0 Å². The van der Waals surface area contributed by atoms with Gasteiger partial charge in [-0.15, -0.1) is 0 Å². The monoisotopic (exact) mass is 166 g/mol. The van der Waals surface area contributed by atoms with Crippen LogP contribution < -0.4 is 0 Å². The zero-order chi connectivity index (χ0) is 9.72. The average Bonchev–Trinajstić information content (AvgIpc) is 2.02. The lowest BCUT2D eigenvalue weighted by molar-refractivity contribution is 0.655. The molecule has 0 saturated heterocycles. The fourth-order valence-electron chi connectivity index (χ4n) is 0.950. The van der Waals surface area contributed by atoms with Crippen LogP contribution in [0.25, 0.3) is 0 Å². The third kappa shape index (κ3) is 3.75. The van der Waals surface area contributed by atoms with Crippen LogP contribution in [0.3, 0.4) is 0 Å². The van der Waals surface area contributed by atoms with Crippen LogP contribution in [0.4, 0.5) is 0 Å². The van der Waals surface area contributed by atoms with Crippen molar-refractivity contribution < 1.29 is 0 Å². The van der Waals surface area contributed by atoms with Crippen molar-refractivity contribution in [1.29, 1.82) is 0 Å². The van der Waals surface area contributed by atoms with E-state index in [1.54, 1.807) is 0 Å². The molecule has 0 aliphatic heterocycles. The first-order chi connectivity index (χ1) is 5.49. The average molecular weight is 166 g/mol. The highest BCUT2D eigenvalue weighted by molar-refractivity contribution is 5.25. The molecule has 0 radical (unpaired) electrons. The Balaban J connectivity index is 4.46. The van der Waals surface area contributed by atoms with E-state index in [0.29, 0.717) is 0 Å². The smallest absolute Gasteiger partial charge is 0.0234 e. The van der Waals surface area contributed by atoms with Crippen molar-refractivity contribution in [2.75, 3.05) is 0 Å². The van der Waals surface area contributed by atoms with Gasteiger partial charge in [0.1, 0.15) is 0 Å². The summed E-state index contributed by atoms with van der Waals surface area (Å²) in [6.07, 6.45) is 3.54. The summed E-state index contributed by atoms with van der Waals surface area (Å²) >= 11 is 0. The lowest BCUT2D eigenvalue weighted by Gasteiger charge is -2.09. The maximum Gasteiger partial charge on any atom is -0.0234 e. The molecule has 0 rings (SSSR count). The predicted molar refractivity (Wildman–Crippen MR) is 57.3 cm³/mol. The van der Waals surface area contributed by atoms with Crippen LogP contribution >= 0.6 is 0 Å². The van der Waals surface area contributed by atoms with Gasteiger partial charge in [-0.25, -0.2) is 0 Å². The van der Waals surface area contributed by atoms with Crippen molar-refractivity contribution in [3.8, 4) is 0 Å². The quantitative estimate of drug-likeness (QED) is 0.547. The van der Waals surface area contributed by atoms with E-state index in [2.05, 4.69) is 47.6 Å². The van der Waals surface area contributed by atoms with Gasteiger partial charge in [-0.1, -0.05) is 36.6 Å². The fraction of sp³-hybridized carbons (Fsp3) is 0.667. The van der Waals surface area contributed by atoms with E-state index < -0.39 is 0 Å². The van der Waals surface area contributed by atoms with E-state index in [9.17, 15) is 0 Å². The minimum atomic E-state index is 0.722. The van der Waals surface area contributed by atoms with Crippen molar-refractivity contribution in [2.45, 2.75) is 48.0 Å². The summed E-state index contributed by atoms with van der Waals surface area (Å²) in [5, 5.41) is 0. The summed E-state index contributed by atoms with van der Waals surface area (Å²) in [5.74, 6) is 0.722. The molecule has 1 atom stereocenters. The lowest BCUT2D eigenvalue weighted by Crippen LogP contribution is -1.93. The Morgan fingerprint density at radius 1 is 1.17 bits per heavy atom. The highest BCUT2D eigenvalue weighted by atomic mass is 14.1. The summed E-state index contributed by atoms with van der Waals surface area (Å²) in [6, 6.07) is 0. The van der Waals surface area contributed by atoms with Crippen molar-refractivity contribution in [3.05, 3.63) is 22.8 Å². The van der Waals surface area contributed by atoms with Crippen LogP contribution in [0.15, 0.2) is 22.8 Å². The topological polar surface area (TPSA) is 0 Å². The predicted octanol–water partition coefficient (Wildman–Crippen LogP) is 4.34. The van der Waals surface area contributed by atoms with Crippen LogP contribution in [0.1, 0.15) is 48.0 Å². The molecule has 0 fully saturated rings. The van der Waals surface area contributed by atoms with E-state index in [1.807, 2.05) is 0 Å². The molecule has 0 spiro atoms. The molecule has 0 aliphatic rings. The fourth-order valence-corrected chi connectivity index (χ4v) is 0.950. The Morgan fingerprint density at radius 3 is 2.00 bits per heavy atom. The SMILES string of the molecule is CCC(C)/C(C)=C/C(C)=C(C)C. The Kier molecular flexibility index (Phi) is 4.96. The minimum absolute atomic E-state index is 0.722. The second kappa shape index (κ2) is 5.18. The third-order valence-electron chi connectivity index (χ3n) is 2.62. The molecule has 1 unspecified atom stereocenters. The Labute approximate surface area is 77.4 Å². The highest BCUT2D eigenvalue weighted by Gasteiger charge is 2.00. The standard InChI is InChI=1S/C12H22/c1-7-10(4)12(6)8-11(5)9(2)3/h8,10H,7H2,1-6H3/b12-8+. The second-order valence-corrected chi connectivity index (χ2v) is 3.88. The van der Waals surface area contributed by atoms with Gasteiger partial charge in [-0.2, -0.15) is 0 Å². The van der Waals surface area contributed by atoms with E-state index >= 15 is 0 Å². The summed E-state index contributed by atoms with van der Waals surface area (Å²) in [7, 11) is 0. The van der Waals surface area contributed by atoms with Crippen LogP contribution in [-0.4, -0.2) is 0 Å². The minimum Gasteiger partial charge on any atom is -0.0735 e. The van der Waals surface area contributed by atoms with Crippen LogP contribution in [0, 0.1) is 5.92 Å². The molecular formula is C12H22. The summed E-state index contributed by atoms with van der Waals surface area (Å²) in [4.78, 5) is 0. The molecule has 0 saturated carbocycles. The van der Waals surface area contributed by atoms with Gasteiger partial charge in [0.25, 0.3) is 0 Å². The molecule has 0 heteroatoms. The van der Waals surface area contributed by atoms with Gasteiger partial charge in [0, 0.05) is 0 Å². The van der Waals surface area contributed by atoms with Crippen molar-refractivity contribution >= 4 is 0 Å². The summed E-state index contributed by atoms with van der Waals surface area (Å²) < 4.78 is 0. The number of allylic oxidation sites excluding steroid dienone is 4. The molecular weight excluding hydrogens is 144 g/mol. The van der Waals surface area contributed by atoms with Crippen LogP contribution in [0.5, 0.6) is 0 Å². The zero-order valence-electron chi connectivity index (χ0n) is 9.36. The zero-order valence-corrected chi connectivity index (χ0v) is 9.36. The van der Waals surface area contributed by atoms with E-state index in [0.717, 1.165) is 5.92 Å². The first-order valence-electron chi connectivity index (χ1n) is 4.81. The molecule has 0 aromatic carbocycles. The molecule has 12 heavy (non-hydrogen) atoms. The molecule has 70 valence electrons. The van der Waals surface area contributed by atoms with E-state index in [1.165, 1.54) is 23.1 Å². The van der Waals surface area contributed by atoms with Gasteiger partial charge in [0.15, 0.2) is 0 Å². The largest absolute Gasteiger partial charge is 0.0735 e. The van der Waals surface area contributed by atoms with Crippen LogP contribution in [-0.2, 0) is 0 Å². The van der Waals surface area contributed by atoms with Gasteiger partial charge in [-0.3, -0.25) is 0 Å². The Bertz CT molecular complexity index is 190. The van der Waals surface area contributed by atoms with Gasteiger partial charge in [-0.05, 0) is 40.0 Å². The molecule has 0 amide bonds. The summed E-state index contributed by atoms with van der Waals surface area (Å²) in [5.41, 5.74) is 4.32. The number of hydrogen-bond donors (Lipinski definition) is 0. The highest BCUT2D eigenvalue weighted by Crippen LogP contribution is 2.16. The lowest BCUT2D eigenvalue weighted by atomic mass is 9.97. The number of rotatable bonds is 3. The molecule has 0 N–H and O–H groups in total. The van der Waals surface area contributed by atoms with Gasteiger partial charge >= 0.3 is 0 Å². The molecule has 0 aliphatic carbocycles. The van der Waals surface area contributed by atoms with E-state index in [-0.39, 0.29) is 0 Å². The van der Waals surface area contributed by atoms with Gasteiger partial charge in [0.2, 0.25) is 0 Å². The first-order valence-corrected chi connectivity index (χ1v) is 4.81. The molecule has 0 nitrogen and oxygen atoms in total. The number of hydrogen-bond acceptors (Lipinski definition) is 0. The van der Waals surface area contributed by atoms with Gasteiger partial charge < -0.3 is 0 Å². The molecule has 0 bridgehead atoms. The van der Waals surface area contributed by atoms with Crippen molar-refractivity contribution in [1.82, 2.24) is 0 Å². The normalized spacial score (nSPS) is 14.3. The third-order valence-corrected chi connectivity index (χ3v) is 2.62. The second-order valence-electron chi connectivity index (χ2n) is 3.88. The van der Waals surface area contributed by atoms with Crippen molar-refractivity contribution in [2.24, 2.45) is 5.92 Å². The molecule has 0 aromatic heterocycles. The Hall–Kier alpha value is -0.520. The van der Waals surface area contributed by atoms with Crippen molar-refractivity contribution in [3.63, 3.8) is 0 Å². The summed E-state index contributed by atoms with van der Waals surface area (Å²) in [6.45, 7) is 13.2. The Morgan fingerprint density at radius 2 is 1.67 bits per heavy atom. The maximum absolute atomic E-state index is 2.31. The first kappa shape index (κ1) is 11.5. The maximum atomic E-state index is 2.31.